The average molecular weight is 411 g/mol. The molecule has 0 unspecified atom stereocenters. The predicted octanol–water partition coefficient (Wildman–Crippen LogP) is 5.01. The first kappa shape index (κ1) is 16.9. The van der Waals surface area contributed by atoms with Crippen LogP contribution < -0.4 is 5.32 Å². The lowest BCUT2D eigenvalue weighted by Gasteiger charge is -2.08. The fraction of sp³-hybridized carbons (Fsp3) is 0.176. The summed E-state index contributed by atoms with van der Waals surface area (Å²) in [6.07, 6.45) is 2.47. The van der Waals surface area contributed by atoms with Gasteiger partial charge in [0.1, 0.15) is 11.5 Å². The second kappa shape index (κ2) is 6.53. The van der Waals surface area contributed by atoms with Gasteiger partial charge in [0.15, 0.2) is 5.65 Å². The number of hydrogen-bond acceptors (Lipinski definition) is 2. The number of carbonyl (C=O) groups is 1. The zero-order valence-corrected chi connectivity index (χ0v) is 15.4. The molecule has 2 aromatic heterocycles. The van der Waals surface area contributed by atoms with Gasteiger partial charge in [-0.15, -0.1) is 0 Å². The fourth-order valence-electron chi connectivity index (χ4n) is 2.53. The van der Waals surface area contributed by atoms with Crippen LogP contribution in [0.15, 0.2) is 34.9 Å². The zero-order chi connectivity index (χ0) is 17.4. The monoisotopic (exact) mass is 409 g/mol. The SMILES string of the molecule is CCc1nc2c(Br)cc(C)cn2c1C(=O)Nc1ccc(F)c(Cl)c1. The van der Waals surface area contributed by atoms with E-state index < -0.39 is 5.82 Å². The summed E-state index contributed by atoms with van der Waals surface area (Å²) in [5.41, 5.74) is 3.24. The largest absolute Gasteiger partial charge is 0.321 e. The minimum atomic E-state index is -0.529. The standard InChI is InChI=1S/C17H14BrClFN3O/c1-3-14-15(23-8-9(2)6-11(18)16(23)22-14)17(24)21-10-4-5-13(20)12(19)7-10/h4-8H,3H2,1-2H3,(H,21,24). The molecular formula is C17H14BrClFN3O. The number of rotatable bonds is 3. The quantitative estimate of drug-likeness (QED) is 0.659. The van der Waals surface area contributed by atoms with Crippen LogP contribution in [0.2, 0.25) is 5.02 Å². The first-order valence-corrected chi connectivity index (χ1v) is 8.51. The number of fused-ring (bicyclic) bond motifs is 1. The van der Waals surface area contributed by atoms with E-state index in [4.69, 9.17) is 11.6 Å². The van der Waals surface area contributed by atoms with Crippen molar-refractivity contribution >= 4 is 44.8 Å². The van der Waals surface area contributed by atoms with Crippen molar-refractivity contribution in [3.8, 4) is 0 Å². The van der Waals surface area contributed by atoms with Gasteiger partial charge >= 0.3 is 0 Å². The molecule has 0 fully saturated rings. The molecule has 3 rings (SSSR count). The number of halogens is 3. The molecule has 0 aliphatic carbocycles. The lowest BCUT2D eigenvalue weighted by atomic mass is 10.2. The molecule has 7 heteroatoms. The van der Waals surface area contributed by atoms with Crippen molar-refractivity contribution in [2.24, 2.45) is 0 Å². The Hall–Kier alpha value is -1.92. The van der Waals surface area contributed by atoms with E-state index in [0.717, 1.165) is 10.0 Å². The van der Waals surface area contributed by atoms with Crippen LogP contribution in [-0.2, 0) is 6.42 Å². The maximum absolute atomic E-state index is 13.3. The molecule has 24 heavy (non-hydrogen) atoms. The topological polar surface area (TPSA) is 46.4 Å². The molecule has 124 valence electrons. The first-order chi connectivity index (χ1) is 11.4. The molecular weight excluding hydrogens is 397 g/mol. The van der Waals surface area contributed by atoms with E-state index in [2.05, 4.69) is 26.2 Å². The van der Waals surface area contributed by atoms with E-state index in [0.29, 0.717) is 29.1 Å². The highest BCUT2D eigenvalue weighted by atomic mass is 79.9. The number of pyridine rings is 1. The van der Waals surface area contributed by atoms with Crippen LogP contribution >= 0.6 is 27.5 Å². The van der Waals surface area contributed by atoms with Crippen molar-refractivity contribution in [2.75, 3.05) is 5.32 Å². The summed E-state index contributed by atoms with van der Waals surface area (Å²) in [5, 5.41) is 2.71. The molecule has 4 nitrogen and oxygen atoms in total. The van der Waals surface area contributed by atoms with E-state index in [1.54, 1.807) is 4.40 Å². The lowest BCUT2D eigenvalue weighted by molar-refractivity contribution is 0.102. The Morgan fingerprint density at radius 2 is 2.17 bits per heavy atom. The Morgan fingerprint density at radius 3 is 2.83 bits per heavy atom. The minimum Gasteiger partial charge on any atom is -0.321 e. The summed E-state index contributed by atoms with van der Waals surface area (Å²) >= 11 is 9.25. The van der Waals surface area contributed by atoms with Crippen molar-refractivity contribution in [1.29, 1.82) is 0 Å². The van der Waals surface area contributed by atoms with Gasteiger partial charge in [-0.2, -0.15) is 0 Å². The van der Waals surface area contributed by atoms with Crippen molar-refractivity contribution in [3.63, 3.8) is 0 Å². The summed E-state index contributed by atoms with van der Waals surface area (Å²) in [6.45, 7) is 3.88. The van der Waals surface area contributed by atoms with Crippen LogP contribution in [0.3, 0.4) is 0 Å². The number of nitrogens with zero attached hydrogens (tertiary/aromatic N) is 2. The highest BCUT2D eigenvalue weighted by Crippen LogP contribution is 2.25. The molecule has 0 saturated heterocycles. The van der Waals surface area contributed by atoms with Crippen molar-refractivity contribution in [1.82, 2.24) is 9.38 Å². The molecule has 1 N–H and O–H groups in total. The Morgan fingerprint density at radius 1 is 1.42 bits per heavy atom. The molecule has 0 radical (unpaired) electrons. The van der Waals surface area contributed by atoms with E-state index in [-0.39, 0.29) is 10.9 Å². The smallest absolute Gasteiger partial charge is 0.274 e. The molecule has 1 aromatic carbocycles. The number of amides is 1. The zero-order valence-electron chi connectivity index (χ0n) is 13.0. The molecule has 0 aliphatic heterocycles. The number of aromatic nitrogens is 2. The second-order valence-corrected chi connectivity index (χ2v) is 6.66. The highest BCUT2D eigenvalue weighted by molar-refractivity contribution is 9.10. The molecule has 0 atom stereocenters. The summed E-state index contributed by atoms with van der Waals surface area (Å²) in [5.74, 6) is -0.849. The van der Waals surface area contributed by atoms with Crippen LogP contribution in [0.4, 0.5) is 10.1 Å². The average Bonchev–Trinajstić information content (AvgIpc) is 2.89. The number of imidazole rings is 1. The van der Waals surface area contributed by atoms with E-state index >= 15 is 0 Å². The van der Waals surface area contributed by atoms with Crippen LogP contribution in [-0.4, -0.2) is 15.3 Å². The molecule has 0 saturated carbocycles. The van der Waals surface area contributed by atoms with Crippen LogP contribution in [0, 0.1) is 12.7 Å². The lowest BCUT2D eigenvalue weighted by Crippen LogP contribution is -2.16. The number of carbonyl (C=O) groups excluding carboxylic acids is 1. The van der Waals surface area contributed by atoms with Gasteiger partial charge in [-0.1, -0.05) is 18.5 Å². The molecule has 2 heterocycles. The van der Waals surface area contributed by atoms with Gasteiger partial charge in [-0.05, 0) is 59.1 Å². The maximum Gasteiger partial charge on any atom is 0.274 e. The Balaban J connectivity index is 2.07. The Bertz CT molecular complexity index is 955. The number of nitrogens with one attached hydrogen (secondary N) is 1. The van der Waals surface area contributed by atoms with Gasteiger partial charge in [0, 0.05) is 11.9 Å². The molecule has 0 bridgehead atoms. The summed E-state index contributed by atoms with van der Waals surface area (Å²) in [4.78, 5) is 17.3. The third kappa shape index (κ3) is 3.03. The third-order valence-corrected chi connectivity index (χ3v) is 4.48. The van der Waals surface area contributed by atoms with E-state index in [9.17, 15) is 9.18 Å². The maximum atomic E-state index is 13.3. The van der Waals surface area contributed by atoms with Gasteiger partial charge in [0.2, 0.25) is 0 Å². The van der Waals surface area contributed by atoms with Crippen molar-refractivity contribution in [2.45, 2.75) is 20.3 Å². The molecule has 3 aromatic rings. The second-order valence-electron chi connectivity index (χ2n) is 5.40. The van der Waals surface area contributed by atoms with Crippen LogP contribution in [0.1, 0.15) is 28.7 Å². The Labute approximate surface area is 151 Å². The predicted molar refractivity (Wildman–Crippen MR) is 96.4 cm³/mol. The normalized spacial score (nSPS) is 11.0. The number of aryl methyl sites for hydroxylation is 2. The summed E-state index contributed by atoms with van der Waals surface area (Å²) < 4.78 is 15.8. The first-order valence-electron chi connectivity index (χ1n) is 7.34. The number of anilines is 1. The molecule has 0 spiro atoms. The van der Waals surface area contributed by atoms with Gasteiger partial charge in [0.25, 0.3) is 5.91 Å². The van der Waals surface area contributed by atoms with Crippen LogP contribution in [0.25, 0.3) is 5.65 Å². The van der Waals surface area contributed by atoms with E-state index in [1.807, 2.05) is 26.1 Å². The summed E-state index contributed by atoms with van der Waals surface area (Å²) in [7, 11) is 0. The summed E-state index contributed by atoms with van der Waals surface area (Å²) in [6, 6.07) is 6.01. The van der Waals surface area contributed by atoms with Crippen molar-refractivity contribution in [3.05, 3.63) is 62.7 Å². The Kier molecular flexibility index (Phi) is 4.60. The number of benzene rings is 1. The van der Waals surface area contributed by atoms with Crippen LogP contribution in [0.5, 0.6) is 0 Å². The van der Waals surface area contributed by atoms with Gasteiger partial charge in [-0.25, -0.2) is 9.37 Å². The van der Waals surface area contributed by atoms with Gasteiger partial charge in [0.05, 0.1) is 15.2 Å². The fourth-order valence-corrected chi connectivity index (χ4v) is 3.35. The highest BCUT2D eigenvalue weighted by Gasteiger charge is 2.20. The minimum absolute atomic E-state index is 0.0414. The van der Waals surface area contributed by atoms with E-state index in [1.165, 1.54) is 18.2 Å². The van der Waals surface area contributed by atoms with Gasteiger partial charge < -0.3 is 5.32 Å². The third-order valence-electron chi connectivity index (χ3n) is 3.61. The molecule has 0 aliphatic rings. The molecule has 1 amide bonds. The van der Waals surface area contributed by atoms with Gasteiger partial charge in [-0.3, -0.25) is 9.20 Å². The number of hydrogen-bond donors (Lipinski definition) is 1. The van der Waals surface area contributed by atoms with Crippen molar-refractivity contribution < 1.29 is 9.18 Å².